The highest BCUT2D eigenvalue weighted by molar-refractivity contribution is 9.10. The normalized spacial score (nSPS) is 9.30. The van der Waals surface area contributed by atoms with E-state index in [4.69, 9.17) is 5.73 Å². The predicted molar refractivity (Wildman–Crippen MR) is 38.2 cm³/mol. The van der Waals surface area contributed by atoms with Gasteiger partial charge in [-0.2, -0.15) is 0 Å². The summed E-state index contributed by atoms with van der Waals surface area (Å²) >= 11 is 3.07. The summed E-state index contributed by atoms with van der Waals surface area (Å²) in [5.41, 5.74) is 5.16. The Bertz CT molecular complexity index is 263. The number of amides is 1. The van der Waals surface area contributed by atoms with Gasteiger partial charge in [0.15, 0.2) is 0 Å². The monoisotopic (exact) mass is 201 g/mol. The summed E-state index contributed by atoms with van der Waals surface area (Å²) in [7, 11) is 0. The number of nitrogens with zero attached hydrogens (tertiary/aromatic N) is 2. The molecule has 0 aliphatic carbocycles. The number of aromatic nitrogens is 2. The van der Waals surface area contributed by atoms with E-state index in [0.29, 0.717) is 4.47 Å². The minimum atomic E-state index is -0.561. The topological polar surface area (TPSA) is 68.9 Å². The van der Waals surface area contributed by atoms with Gasteiger partial charge >= 0.3 is 0 Å². The summed E-state index contributed by atoms with van der Waals surface area (Å²) in [5, 5.41) is 0. The van der Waals surface area contributed by atoms with E-state index in [0.717, 1.165) is 0 Å². The van der Waals surface area contributed by atoms with Crippen molar-refractivity contribution in [3.63, 3.8) is 0 Å². The zero-order valence-corrected chi connectivity index (χ0v) is 6.50. The number of hydrogen-bond acceptors (Lipinski definition) is 3. The molecule has 0 aliphatic heterocycles. The minimum absolute atomic E-state index is 0.204. The summed E-state index contributed by atoms with van der Waals surface area (Å²) in [6.45, 7) is 0. The van der Waals surface area contributed by atoms with Gasteiger partial charge in [0, 0.05) is 6.20 Å². The molecular weight excluding hydrogens is 198 g/mol. The number of carbonyl (C=O) groups excluding carboxylic acids is 1. The molecule has 0 radical (unpaired) electrons. The maximum Gasteiger partial charge on any atom is 0.268 e. The van der Waals surface area contributed by atoms with Crippen molar-refractivity contribution in [2.45, 2.75) is 0 Å². The molecule has 1 amide bonds. The molecule has 0 saturated heterocycles. The number of hydrogen-bond donors (Lipinski definition) is 1. The van der Waals surface area contributed by atoms with Crippen LogP contribution < -0.4 is 5.73 Å². The SMILES string of the molecule is NC(=O)c1ncncc1Br. The Morgan fingerprint density at radius 3 is 2.80 bits per heavy atom. The smallest absolute Gasteiger partial charge is 0.268 e. The van der Waals surface area contributed by atoms with Gasteiger partial charge < -0.3 is 5.73 Å². The first-order valence-electron chi connectivity index (χ1n) is 2.47. The Kier molecular flexibility index (Phi) is 1.96. The molecule has 0 unspecified atom stereocenters. The van der Waals surface area contributed by atoms with E-state index < -0.39 is 5.91 Å². The van der Waals surface area contributed by atoms with Crippen molar-refractivity contribution in [1.82, 2.24) is 9.97 Å². The molecule has 2 N–H and O–H groups in total. The van der Waals surface area contributed by atoms with Crippen LogP contribution in [0.5, 0.6) is 0 Å². The molecule has 1 aromatic heterocycles. The second-order valence-electron chi connectivity index (χ2n) is 1.58. The molecule has 0 fully saturated rings. The fraction of sp³-hybridized carbons (Fsp3) is 0. The van der Waals surface area contributed by atoms with Crippen LogP contribution in [0.15, 0.2) is 17.0 Å². The molecule has 1 aromatic rings. The molecule has 0 atom stereocenters. The van der Waals surface area contributed by atoms with E-state index >= 15 is 0 Å². The average molecular weight is 202 g/mol. The van der Waals surface area contributed by atoms with E-state index in [1.165, 1.54) is 12.5 Å². The van der Waals surface area contributed by atoms with Crippen LogP contribution in [-0.2, 0) is 0 Å². The Morgan fingerprint density at radius 1 is 1.70 bits per heavy atom. The van der Waals surface area contributed by atoms with E-state index in [9.17, 15) is 4.79 Å². The molecule has 0 saturated carbocycles. The Labute approximate surface area is 65.6 Å². The van der Waals surface area contributed by atoms with Gasteiger partial charge in [0.25, 0.3) is 5.91 Å². The highest BCUT2D eigenvalue weighted by Crippen LogP contribution is 2.09. The van der Waals surface area contributed by atoms with Crippen molar-refractivity contribution >= 4 is 21.8 Å². The summed E-state index contributed by atoms with van der Waals surface area (Å²) in [4.78, 5) is 17.8. The summed E-state index contributed by atoms with van der Waals surface area (Å²) in [5.74, 6) is -0.561. The third kappa shape index (κ3) is 1.30. The summed E-state index contributed by atoms with van der Waals surface area (Å²) < 4.78 is 0.516. The molecule has 10 heavy (non-hydrogen) atoms. The fourth-order valence-corrected chi connectivity index (χ4v) is 0.910. The molecule has 0 bridgehead atoms. The lowest BCUT2D eigenvalue weighted by molar-refractivity contribution is 0.0994. The van der Waals surface area contributed by atoms with Crippen LogP contribution in [0.25, 0.3) is 0 Å². The molecule has 52 valence electrons. The minimum Gasteiger partial charge on any atom is -0.364 e. The number of halogens is 1. The van der Waals surface area contributed by atoms with Crippen molar-refractivity contribution in [3.8, 4) is 0 Å². The largest absolute Gasteiger partial charge is 0.364 e. The van der Waals surface area contributed by atoms with Gasteiger partial charge in [-0.1, -0.05) is 0 Å². The second kappa shape index (κ2) is 2.74. The highest BCUT2D eigenvalue weighted by atomic mass is 79.9. The maximum absolute atomic E-state index is 10.5. The Balaban J connectivity index is 3.15. The molecule has 0 aromatic carbocycles. The van der Waals surface area contributed by atoms with Crippen LogP contribution >= 0.6 is 15.9 Å². The van der Waals surface area contributed by atoms with Crippen LogP contribution in [0.3, 0.4) is 0 Å². The van der Waals surface area contributed by atoms with Gasteiger partial charge in [-0.05, 0) is 15.9 Å². The van der Waals surface area contributed by atoms with Gasteiger partial charge in [-0.3, -0.25) is 4.79 Å². The summed E-state index contributed by atoms with van der Waals surface area (Å²) in [6.07, 6.45) is 2.73. The molecule has 5 heteroatoms. The average Bonchev–Trinajstić information content (AvgIpc) is 1.88. The molecule has 0 aliphatic rings. The fourth-order valence-electron chi connectivity index (χ4n) is 0.494. The van der Waals surface area contributed by atoms with Crippen LogP contribution in [-0.4, -0.2) is 15.9 Å². The van der Waals surface area contributed by atoms with Gasteiger partial charge in [0.05, 0.1) is 4.47 Å². The van der Waals surface area contributed by atoms with Crippen molar-refractivity contribution in [3.05, 3.63) is 22.7 Å². The number of rotatable bonds is 1. The first kappa shape index (κ1) is 7.14. The molecule has 1 heterocycles. The van der Waals surface area contributed by atoms with E-state index in [1.54, 1.807) is 0 Å². The standard InChI is InChI=1S/C5H4BrN3O/c6-3-1-8-2-9-4(3)5(7)10/h1-2H,(H2,7,10). The number of primary amides is 1. The van der Waals surface area contributed by atoms with Gasteiger partial charge in [-0.15, -0.1) is 0 Å². The molecular formula is C5H4BrN3O. The van der Waals surface area contributed by atoms with Crippen LogP contribution in [0.4, 0.5) is 0 Å². The van der Waals surface area contributed by atoms with Crippen LogP contribution in [0.1, 0.15) is 10.5 Å². The third-order valence-electron chi connectivity index (χ3n) is 0.901. The summed E-state index contributed by atoms with van der Waals surface area (Å²) in [6, 6.07) is 0. The molecule has 4 nitrogen and oxygen atoms in total. The number of carbonyl (C=O) groups is 1. The van der Waals surface area contributed by atoms with Gasteiger partial charge in [0.1, 0.15) is 12.0 Å². The zero-order chi connectivity index (χ0) is 7.56. The lowest BCUT2D eigenvalue weighted by Gasteiger charge is -1.93. The van der Waals surface area contributed by atoms with Crippen molar-refractivity contribution < 1.29 is 4.79 Å². The predicted octanol–water partition coefficient (Wildman–Crippen LogP) is 0.338. The lowest BCUT2D eigenvalue weighted by atomic mass is 10.4. The van der Waals surface area contributed by atoms with E-state index in [-0.39, 0.29) is 5.69 Å². The van der Waals surface area contributed by atoms with E-state index in [1.807, 2.05) is 0 Å². The van der Waals surface area contributed by atoms with E-state index in [2.05, 4.69) is 25.9 Å². The highest BCUT2D eigenvalue weighted by Gasteiger charge is 2.05. The zero-order valence-electron chi connectivity index (χ0n) is 4.91. The molecule has 0 spiro atoms. The van der Waals surface area contributed by atoms with Crippen molar-refractivity contribution in [2.24, 2.45) is 5.73 Å². The maximum atomic E-state index is 10.5. The third-order valence-corrected chi connectivity index (χ3v) is 1.48. The lowest BCUT2D eigenvalue weighted by Crippen LogP contribution is -2.13. The number of nitrogens with two attached hydrogens (primary N) is 1. The van der Waals surface area contributed by atoms with Gasteiger partial charge in [-0.25, -0.2) is 9.97 Å². The second-order valence-corrected chi connectivity index (χ2v) is 2.44. The first-order chi connectivity index (χ1) is 4.72. The Morgan fingerprint density at radius 2 is 2.40 bits per heavy atom. The van der Waals surface area contributed by atoms with Crippen LogP contribution in [0.2, 0.25) is 0 Å². The quantitative estimate of drug-likeness (QED) is 0.713. The van der Waals surface area contributed by atoms with Crippen molar-refractivity contribution in [1.29, 1.82) is 0 Å². The molecule has 1 rings (SSSR count). The Hall–Kier alpha value is -0.970. The van der Waals surface area contributed by atoms with Crippen molar-refractivity contribution in [2.75, 3.05) is 0 Å². The van der Waals surface area contributed by atoms with Gasteiger partial charge in [0.2, 0.25) is 0 Å². The first-order valence-corrected chi connectivity index (χ1v) is 3.26. The van der Waals surface area contributed by atoms with Crippen LogP contribution in [0, 0.1) is 0 Å².